The zero-order valence-corrected chi connectivity index (χ0v) is 10.3. The molecule has 96 valence electrons. The molecule has 0 aromatic heterocycles. The van der Waals surface area contributed by atoms with E-state index in [2.05, 4.69) is 9.80 Å². The van der Waals surface area contributed by atoms with Gasteiger partial charge in [0.25, 0.3) is 0 Å². The lowest BCUT2D eigenvalue weighted by molar-refractivity contribution is -0.141. The predicted octanol–water partition coefficient (Wildman–Crippen LogP) is 1.02. The van der Waals surface area contributed by atoms with E-state index < -0.39 is 5.97 Å². The summed E-state index contributed by atoms with van der Waals surface area (Å²) in [7, 11) is 0. The molecule has 0 aliphatic carbocycles. The van der Waals surface area contributed by atoms with Gasteiger partial charge in [-0.05, 0) is 38.8 Å². The summed E-state index contributed by atoms with van der Waals surface area (Å²) in [6.07, 6.45) is 6.11. The Hall–Kier alpha value is -0.610. The van der Waals surface area contributed by atoms with Crippen LogP contribution in [-0.4, -0.2) is 59.1 Å². The number of hydrogen-bond acceptors (Lipinski definition) is 3. The van der Waals surface area contributed by atoms with E-state index in [4.69, 9.17) is 5.11 Å². The number of rotatable bonds is 2. The molecule has 3 rings (SSSR count). The fourth-order valence-corrected chi connectivity index (χ4v) is 3.94. The van der Waals surface area contributed by atoms with E-state index >= 15 is 0 Å². The maximum absolute atomic E-state index is 11.0. The van der Waals surface area contributed by atoms with Crippen molar-refractivity contribution in [2.75, 3.05) is 26.2 Å². The third kappa shape index (κ3) is 2.08. The van der Waals surface area contributed by atoms with Gasteiger partial charge in [-0.3, -0.25) is 14.6 Å². The van der Waals surface area contributed by atoms with E-state index in [0.29, 0.717) is 6.04 Å². The highest BCUT2D eigenvalue weighted by Gasteiger charge is 2.41. The van der Waals surface area contributed by atoms with Crippen molar-refractivity contribution >= 4 is 5.97 Å². The SMILES string of the molecule is O=C(O)C1CCN(C2CCN3CCCCC23)C1. The summed E-state index contributed by atoms with van der Waals surface area (Å²) < 4.78 is 0. The maximum atomic E-state index is 11.0. The van der Waals surface area contributed by atoms with Gasteiger partial charge in [0.05, 0.1) is 5.92 Å². The van der Waals surface area contributed by atoms with Gasteiger partial charge in [0.1, 0.15) is 0 Å². The van der Waals surface area contributed by atoms with Gasteiger partial charge in [-0.2, -0.15) is 0 Å². The number of hydrogen-bond donors (Lipinski definition) is 1. The highest BCUT2D eigenvalue weighted by molar-refractivity contribution is 5.70. The first-order valence-electron chi connectivity index (χ1n) is 6.96. The molecule has 3 aliphatic rings. The summed E-state index contributed by atoms with van der Waals surface area (Å²) in [4.78, 5) is 16.1. The summed E-state index contributed by atoms with van der Waals surface area (Å²) in [6.45, 7) is 4.26. The van der Waals surface area contributed by atoms with Gasteiger partial charge in [0, 0.05) is 25.2 Å². The Kier molecular flexibility index (Phi) is 3.09. The molecule has 3 aliphatic heterocycles. The minimum absolute atomic E-state index is 0.118. The van der Waals surface area contributed by atoms with E-state index in [1.807, 2.05) is 0 Å². The van der Waals surface area contributed by atoms with Crippen molar-refractivity contribution in [1.82, 2.24) is 9.80 Å². The molecular formula is C13H22N2O2. The molecule has 0 radical (unpaired) electrons. The standard InChI is InChI=1S/C13H22N2O2/c16-13(17)10-4-7-15(9-10)12-5-8-14-6-2-1-3-11(12)14/h10-12H,1-9H2,(H,16,17). The van der Waals surface area contributed by atoms with Crippen molar-refractivity contribution in [3.8, 4) is 0 Å². The van der Waals surface area contributed by atoms with Crippen molar-refractivity contribution in [1.29, 1.82) is 0 Å². The smallest absolute Gasteiger partial charge is 0.307 e. The monoisotopic (exact) mass is 238 g/mol. The lowest BCUT2D eigenvalue weighted by Crippen LogP contribution is -2.46. The van der Waals surface area contributed by atoms with Crippen LogP contribution in [0.5, 0.6) is 0 Å². The first-order valence-corrected chi connectivity index (χ1v) is 6.96. The van der Waals surface area contributed by atoms with Crippen molar-refractivity contribution < 1.29 is 9.90 Å². The number of nitrogens with zero attached hydrogens (tertiary/aromatic N) is 2. The van der Waals surface area contributed by atoms with E-state index in [-0.39, 0.29) is 5.92 Å². The second kappa shape index (κ2) is 4.58. The Morgan fingerprint density at radius 1 is 0.941 bits per heavy atom. The van der Waals surface area contributed by atoms with Crippen LogP contribution in [0.15, 0.2) is 0 Å². The topological polar surface area (TPSA) is 43.8 Å². The molecule has 0 bridgehead atoms. The summed E-state index contributed by atoms with van der Waals surface area (Å²) in [5.74, 6) is -0.723. The highest BCUT2D eigenvalue weighted by atomic mass is 16.4. The van der Waals surface area contributed by atoms with Crippen molar-refractivity contribution in [3.05, 3.63) is 0 Å². The Morgan fingerprint density at radius 3 is 2.47 bits per heavy atom. The van der Waals surface area contributed by atoms with Gasteiger partial charge in [-0.25, -0.2) is 0 Å². The number of carboxylic acids is 1. The predicted molar refractivity (Wildman–Crippen MR) is 64.9 cm³/mol. The minimum atomic E-state index is -0.606. The van der Waals surface area contributed by atoms with Gasteiger partial charge in [0.2, 0.25) is 0 Å². The molecule has 3 unspecified atom stereocenters. The Bertz CT molecular complexity index is 308. The molecule has 0 saturated carbocycles. The Balaban J connectivity index is 1.63. The molecule has 0 aromatic rings. The van der Waals surface area contributed by atoms with Gasteiger partial charge in [-0.1, -0.05) is 6.42 Å². The molecule has 1 N–H and O–H groups in total. The van der Waals surface area contributed by atoms with Crippen LogP contribution in [0.25, 0.3) is 0 Å². The molecule has 0 spiro atoms. The van der Waals surface area contributed by atoms with Crippen molar-refractivity contribution in [3.63, 3.8) is 0 Å². The Morgan fingerprint density at radius 2 is 1.71 bits per heavy atom. The molecule has 0 amide bonds. The van der Waals surface area contributed by atoms with Gasteiger partial charge in [0.15, 0.2) is 0 Å². The molecule has 0 aromatic carbocycles. The van der Waals surface area contributed by atoms with E-state index in [1.165, 1.54) is 38.8 Å². The zero-order valence-electron chi connectivity index (χ0n) is 10.3. The third-order valence-corrected chi connectivity index (χ3v) is 4.86. The molecule has 3 saturated heterocycles. The number of carboxylic acid groups (broad SMARTS) is 1. The summed E-state index contributed by atoms with van der Waals surface area (Å²) >= 11 is 0. The van der Waals surface area contributed by atoms with Crippen LogP contribution in [-0.2, 0) is 4.79 Å². The van der Waals surface area contributed by atoms with E-state index in [1.54, 1.807) is 0 Å². The summed E-state index contributed by atoms with van der Waals surface area (Å²) in [6, 6.07) is 1.36. The number of carbonyl (C=O) groups is 1. The van der Waals surface area contributed by atoms with E-state index in [0.717, 1.165) is 25.6 Å². The van der Waals surface area contributed by atoms with Gasteiger partial charge >= 0.3 is 5.97 Å². The Labute approximate surface area is 103 Å². The fraction of sp³-hybridized carbons (Fsp3) is 0.923. The summed E-state index contributed by atoms with van der Waals surface area (Å²) in [5, 5.41) is 9.07. The third-order valence-electron chi connectivity index (χ3n) is 4.86. The van der Waals surface area contributed by atoms with Crippen LogP contribution in [0.4, 0.5) is 0 Å². The average molecular weight is 238 g/mol. The minimum Gasteiger partial charge on any atom is -0.481 e. The van der Waals surface area contributed by atoms with Crippen LogP contribution >= 0.6 is 0 Å². The molecule has 4 nitrogen and oxygen atoms in total. The first kappa shape index (κ1) is 11.5. The molecule has 3 fully saturated rings. The molecule has 3 atom stereocenters. The lowest BCUT2D eigenvalue weighted by atomic mass is 9.98. The van der Waals surface area contributed by atoms with Crippen molar-refractivity contribution in [2.45, 2.75) is 44.2 Å². The zero-order chi connectivity index (χ0) is 11.8. The van der Waals surface area contributed by atoms with Crippen LogP contribution in [0.2, 0.25) is 0 Å². The number of likely N-dealkylation sites (tertiary alicyclic amines) is 1. The number of aliphatic carboxylic acids is 1. The molecular weight excluding hydrogens is 216 g/mol. The van der Waals surface area contributed by atoms with E-state index in [9.17, 15) is 4.79 Å². The van der Waals surface area contributed by atoms with Crippen LogP contribution in [0.1, 0.15) is 32.1 Å². The number of fused-ring (bicyclic) bond motifs is 1. The normalized spacial score (nSPS) is 39.4. The van der Waals surface area contributed by atoms with Gasteiger partial charge in [-0.15, -0.1) is 0 Å². The molecule has 4 heteroatoms. The van der Waals surface area contributed by atoms with Crippen molar-refractivity contribution in [2.24, 2.45) is 5.92 Å². The molecule has 17 heavy (non-hydrogen) atoms. The largest absolute Gasteiger partial charge is 0.481 e. The second-order valence-corrected chi connectivity index (χ2v) is 5.77. The van der Waals surface area contributed by atoms with Crippen LogP contribution in [0, 0.1) is 5.92 Å². The molecule has 3 heterocycles. The van der Waals surface area contributed by atoms with Gasteiger partial charge < -0.3 is 5.11 Å². The number of piperidine rings is 1. The summed E-state index contributed by atoms with van der Waals surface area (Å²) in [5.41, 5.74) is 0. The maximum Gasteiger partial charge on any atom is 0.307 e. The average Bonchev–Trinajstić information content (AvgIpc) is 2.95. The lowest BCUT2D eigenvalue weighted by Gasteiger charge is -2.36. The second-order valence-electron chi connectivity index (χ2n) is 5.77. The highest BCUT2D eigenvalue weighted by Crippen LogP contribution is 2.33. The quantitative estimate of drug-likeness (QED) is 0.780. The fourth-order valence-electron chi connectivity index (χ4n) is 3.94. The van der Waals surface area contributed by atoms with Crippen LogP contribution < -0.4 is 0 Å². The van der Waals surface area contributed by atoms with Crippen LogP contribution in [0.3, 0.4) is 0 Å². The first-order chi connectivity index (χ1) is 8.25.